The summed E-state index contributed by atoms with van der Waals surface area (Å²) in [5, 5.41) is 0. The summed E-state index contributed by atoms with van der Waals surface area (Å²) in [4.78, 5) is 0. The molecule has 0 aliphatic heterocycles. The minimum atomic E-state index is 1.04. The van der Waals surface area contributed by atoms with Crippen LogP contribution in [0.25, 0.3) is 11.3 Å². The quantitative estimate of drug-likeness (QED) is 0.579. The molecule has 1 heteroatoms. The molecule has 0 atom stereocenters. The first-order valence-corrected chi connectivity index (χ1v) is 6.62. The van der Waals surface area contributed by atoms with Crippen LogP contribution in [-0.4, -0.2) is 4.57 Å². The molecule has 0 spiro atoms. The van der Waals surface area contributed by atoms with Crippen LogP contribution in [0.5, 0.6) is 0 Å². The molecule has 1 heterocycles. The second kappa shape index (κ2) is 5.50. The van der Waals surface area contributed by atoms with Crippen LogP contribution in [0, 0.1) is 11.8 Å². The second-order valence-electron chi connectivity index (χ2n) is 4.71. The van der Waals surface area contributed by atoms with Crippen LogP contribution in [0.15, 0.2) is 72.9 Å². The fourth-order valence-electron chi connectivity index (χ4n) is 2.19. The zero-order valence-electron chi connectivity index (χ0n) is 11.4. The molecule has 2 aromatic carbocycles. The third-order valence-corrected chi connectivity index (χ3v) is 3.20. The van der Waals surface area contributed by atoms with E-state index in [1.807, 2.05) is 36.4 Å². The maximum atomic E-state index is 3.22. The van der Waals surface area contributed by atoms with Crippen molar-refractivity contribution in [3.05, 3.63) is 84.1 Å². The Labute approximate surface area is 119 Å². The van der Waals surface area contributed by atoms with Gasteiger partial charge in [-0.1, -0.05) is 60.4 Å². The van der Waals surface area contributed by atoms with Crippen LogP contribution in [0.4, 0.5) is 0 Å². The van der Waals surface area contributed by atoms with Gasteiger partial charge in [0.25, 0.3) is 0 Å². The number of benzene rings is 2. The number of aromatic nitrogens is 1. The third-order valence-electron chi connectivity index (χ3n) is 3.20. The highest BCUT2D eigenvalue weighted by molar-refractivity contribution is 5.63. The largest absolute Gasteiger partial charge is 0.349 e. The lowest BCUT2D eigenvalue weighted by Gasteiger charge is -2.01. The van der Waals surface area contributed by atoms with E-state index >= 15 is 0 Å². The number of hydrogen-bond donors (Lipinski definition) is 0. The monoisotopic (exact) mass is 257 g/mol. The van der Waals surface area contributed by atoms with Crippen LogP contribution < -0.4 is 0 Å². The Morgan fingerprint density at radius 1 is 0.750 bits per heavy atom. The van der Waals surface area contributed by atoms with Crippen molar-refractivity contribution in [1.82, 2.24) is 4.57 Å². The van der Waals surface area contributed by atoms with Gasteiger partial charge in [0.2, 0.25) is 0 Å². The highest BCUT2D eigenvalue weighted by Gasteiger charge is 2.03. The molecule has 3 rings (SSSR count). The highest BCUT2D eigenvalue weighted by atomic mass is 14.9. The van der Waals surface area contributed by atoms with Gasteiger partial charge in [-0.2, -0.15) is 0 Å². The molecule has 0 radical (unpaired) electrons. The van der Waals surface area contributed by atoms with Gasteiger partial charge in [-0.15, -0.1) is 0 Å². The standard InChI is InChI=1S/C19H15N/c1-20-15-17(13-12-16-8-4-2-5-9-16)14-19(20)18-10-6-3-7-11-18/h2-11,14-15H,1H3. The molecule has 0 saturated heterocycles. The molecule has 0 aliphatic rings. The van der Waals surface area contributed by atoms with Crippen molar-refractivity contribution in [3.8, 4) is 23.1 Å². The van der Waals surface area contributed by atoms with Crippen LogP contribution >= 0.6 is 0 Å². The van der Waals surface area contributed by atoms with Crippen molar-refractivity contribution < 1.29 is 0 Å². The number of hydrogen-bond acceptors (Lipinski definition) is 0. The summed E-state index contributed by atoms with van der Waals surface area (Å²) in [5.74, 6) is 6.41. The first-order valence-electron chi connectivity index (χ1n) is 6.62. The van der Waals surface area contributed by atoms with E-state index in [1.54, 1.807) is 0 Å². The maximum absolute atomic E-state index is 3.22. The topological polar surface area (TPSA) is 4.93 Å². The van der Waals surface area contributed by atoms with E-state index in [-0.39, 0.29) is 0 Å². The molecule has 0 bridgehead atoms. The lowest BCUT2D eigenvalue weighted by molar-refractivity contribution is 0.936. The molecule has 0 fully saturated rings. The summed E-state index contributed by atoms with van der Waals surface area (Å²) < 4.78 is 2.12. The summed E-state index contributed by atoms with van der Waals surface area (Å²) in [6.07, 6.45) is 2.07. The lowest BCUT2D eigenvalue weighted by atomic mass is 10.1. The Morgan fingerprint density at radius 3 is 2.05 bits per heavy atom. The van der Waals surface area contributed by atoms with Crippen LogP contribution in [0.2, 0.25) is 0 Å². The van der Waals surface area contributed by atoms with E-state index in [4.69, 9.17) is 0 Å². The van der Waals surface area contributed by atoms with Crippen molar-refractivity contribution in [2.24, 2.45) is 7.05 Å². The summed E-state index contributed by atoms with van der Waals surface area (Å²) in [6.45, 7) is 0. The van der Waals surface area contributed by atoms with E-state index in [2.05, 4.69) is 60.0 Å². The summed E-state index contributed by atoms with van der Waals surface area (Å²) in [6, 6.07) is 22.6. The van der Waals surface area contributed by atoms with Gasteiger partial charge in [-0.05, 0) is 23.8 Å². The van der Waals surface area contributed by atoms with Gasteiger partial charge in [-0.3, -0.25) is 0 Å². The van der Waals surface area contributed by atoms with Crippen LogP contribution in [0.3, 0.4) is 0 Å². The first-order chi connectivity index (χ1) is 9.83. The molecule has 0 saturated carbocycles. The van der Waals surface area contributed by atoms with Gasteiger partial charge in [0.15, 0.2) is 0 Å². The predicted octanol–water partition coefficient (Wildman–Crippen LogP) is 4.09. The molecule has 3 aromatic rings. The Kier molecular flexibility index (Phi) is 3.39. The van der Waals surface area contributed by atoms with E-state index < -0.39 is 0 Å². The van der Waals surface area contributed by atoms with Crippen molar-refractivity contribution in [1.29, 1.82) is 0 Å². The third kappa shape index (κ3) is 2.65. The average molecular weight is 257 g/mol. The Balaban J connectivity index is 1.93. The minimum Gasteiger partial charge on any atom is -0.349 e. The number of aryl methyl sites for hydroxylation is 1. The average Bonchev–Trinajstić information content (AvgIpc) is 2.88. The second-order valence-corrected chi connectivity index (χ2v) is 4.71. The van der Waals surface area contributed by atoms with Gasteiger partial charge in [0, 0.05) is 30.1 Å². The smallest absolute Gasteiger partial charge is 0.0490 e. The van der Waals surface area contributed by atoms with Gasteiger partial charge >= 0.3 is 0 Å². The highest BCUT2D eigenvalue weighted by Crippen LogP contribution is 2.20. The first kappa shape index (κ1) is 12.3. The molecule has 20 heavy (non-hydrogen) atoms. The Hall–Kier alpha value is -2.72. The molecule has 0 unspecified atom stereocenters. The summed E-state index contributed by atoms with van der Waals surface area (Å²) >= 11 is 0. The zero-order valence-corrected chi connectivity index (χ0v) is 11.4. The lowest BCUT2D eigenvalue weighted by Crippen LogP contribution is -1.88. The Morgan fingerprint density at radius 2 is 1.35 bits per heavy atom. The molecule has 0 amide bonds. The molecule has 1 nitrogen and oxygen atoms in total. The van der Waals surface area contributed by atoms with Crippen molar-refractivity contribution in [2.75, 3.05) is 0 Å². The normalized spacial score (nSPS) is 9.85. The molecule has 96 valence electrons. The Bertz CT molecular complexity index is 756. The minimum absolute atomic E-state index is 1.04. The molecular weight excluding hydrogens is 242 g/mol. The van der Waals surface area contributed by atoms with Gasteiger partial charge in [0.1, 0.15) is 0 Å². The maximum Gasteiger partial charge on any atom is 0.0490 e. The summed E-state index contributed by atoms with van der Waals surface area (Å²) in [5.41, 5.74) is 4.47. The van der Waals surface area contributed by atoms with Crippen molar-refractivity contribution in [3.63, 3.8) is 0 Å². The van der Waals surface area contributed by atoms with Gasteiger partial charge in [-0.25, -0.2) is 0 Å². The SMILES string of the molecule is Cn1cc(C#Cc2ccccc2)cc1-c1ccccc1. The van der Waals surface area contributed by atoms with E-state index in [1.165, 1.54) is 11.3 Å². The van der Waals surface area contributed by atoms with E-state index in [0.29, 0.717) is 0 Å². The number of rotatable bonds is 1. The molecule has 1 aromatic heterocycles. The zero-order chi connectivity index (χ0) is 13.8. The fraction of sp³-hybridized carbons (Fsp3) is 0.0526. The number of nitrogens with zero attached hydrogens (tertiary/aromatic N) is 1. The fourth-order valence-corrected chi connectivity index (χ4v) is 2.19. The van der Waals surface area contributed by atoms with Crippen LogP contribution in [-0.2, 0) is 7.05 Å². The predicted molar refractivity (Wildman–Crippen MR) is 83.3 cm³/mol. The van der Waals surface area contributed by atoms with Crippen LogP contribution in [0.1, 0.15) is 11.1 Å². The van der Waals surface area contributed by atoms with Gasteiger partial charge < -0.3 is 4.57 Å². The van der Waals surface area contributed by atoms with Crippen molar-refractivity contribution in [2.45, 2.75) is 0 Å². The van der Waals surface area contributed by atoms with Crippen molar-refractivity contribution >= 4 is 0 Å². The molecular formula is C19H15N. The summed E-state index contributed by atoms with van der Waals surface area (Å²) in [7, 11) is 2.05. The van der Waals surface area contributed by atoms with E-state index in [9.17, 15) is 0 Å². The molecule has 0 aliphatic carbocycles. The van der Waals surface area contributed by atoms with E-state index in [0.717, 1.165) is 11.1 Å². The molecule has 0 N–H and O–H groups in total. The van der Waals surface area contributed by atoms with Gasteiger partial charge in [0.05, 0.1) is 0 Å².